The number of pyridine rings is 2. The Kier molecular flexibility index (Phi) is 3.51. The molecule has 0 atom stereocenters. The van der Waals surface area contributed by atoms with Crippen LogP contribution >= 0.6 is 0 Å². The van der Waals surface area contributed by atoms with Gasteiger partial charge in [-0.25, -0.2) is 4.98 Å². The summed E-state index contributed by atoms with van der Waals surface area (Å²) in [5.41, 5.74) is -1.19. The Balaban J connectivity index is 2.26. The third kappa shape index (κ3) is 3.19. The standard InChI is InChI=1S/C11H7F3N4O2/c12-11(13,14)9-5-7(1-3-15-9)17-10-6-8(18(19)20)2-4-16-10/h1-6H,(H,15,16,17). The molecule has 0 unspecified atom stereocenters. The highest BCUT2D eigenvalue weighted by Crippen LogP contribution is 2.29. The van der Waals surface area contributed by atoms with Gasteiger partial charge in [-0.2, -0.15) is 13.2 Å². The predicted octanol–water partition coefficient (Wildman–Crippen LogP) is 3.15. The molecule has 0 aliphatic rings. The lowest BCUT2D eigenvalue weighted by Crippen LogP contribution is -2.08. The summed E-state index contributed by atoms with van der Waals surface area (Å²) in [6, 6.07) is 4.39. The first-order valence-corrected chi connectivity index (χ1v) is 5.27. The van der Waals surface area contributed by atoms with E-state index in [-0.39, 0.29) is 17.2 Å². The summed E-state index contributed by atoms with van der Waals surface area (Å²) in [4.78, 5) is 17.0. The number of halogens is 3. The van der Waals surface area contributed by atoms with Gasteiger partial charge in [0.25, 0.3) is 5.69 Å². The van der Waals surface area contributed by atoms with Crippen LogP contribution in [-0.2, 0) is 6.18 Å². The summed E-state index contributed by atoms with van der Waals surface area (Å²) in [7, 11) is 0. The lowest BCUT2D eigenvalue weighted by atomic mass is 10.3. The van der Waals surface area contributed by atoms with Gasteiger partial charge in [-0.1, -0.05) is 0 Å². The fraction of sp³-hybridized carbons (Fsp3) is 0.0909. The van der Waals surface area contributed by atoms with Gasteiger partial charge in [0.05, 0.1) is 11.0 Å². The molecule has 9 heteroatoms. The van der Waals surface area contributed by atoms with Crippen LogP contribution < -0.4 is 5.32 Å². The van der Waals surface area contributed by atoms with Gasteiger partial charge in [-0.15, -0.1) is 0 Å². The number of hydrogen-bond donors (Lipinski definition) is 1. The van der Waals surface area contributed by atoms with Crippen LogP contribution in [0.5, 0.6) is 0 Å². The van der Waals surface area contributed by atoms with E-state index in [1.807, 2.05) is 0 Å². The third-order valence-corrected chi connectivity index (χ3v) is 2.28. The molecule has 0 aliphatic heterocycles. The summed E-state index contributed by atoms with van der Waals surface area (Å²) >= 11 is 0. The van der Waals surface area contributed by atoms with Crippen molar-refractivity contribution < 1.29 is 18.1 Å². The molecule has 104 valence electrons. The second kappa shape index (κ2) is 5.11. The molecule has 0 aliphatic carbocycles. The Morgan fingerprint density at radius 1 is 1.15 bits per heavy atom. The van der Waals surface area contributed by atoms with E-state index in [1.165, 1.54) is 18.3 Å². The quantitative estimate of drug-likeness (QED) is 0.691. The predicted molar refractivity (Wildman–Crippen MR) is 63.4 cm³/mol. The lowest BCUT2D eigenvalue weighted by Gasteiger charge is -2.09. The van der Waals surface area contributed by atoms with E-state index in [2.05, 4.69) is 15.3 Å². The average Bonchev–Trinajstić information content (AvgIpc) is 2.38. The second-order valence-electron chi connectivity index (χ2n) is 3.71. The van der Waals surface area contributed by atoms with E-state index in [9.17, 15) is 23.3 Å². The van der Waals surface area contributed by atoms with Gasteiger partial charge in [0.1, 0.15) is 11.5 Å². The highest BCUT2D eigenvalue weighted by Gasteiger charge is 2.32. The number of anilines is 2. The molecule has 2 heterocycles. The molecule has 0 fully saturated rings. The zero-order valence-corrected chi connectivity index (χ0v) is 9.76. The van der Waals surface area contributed by atoms with Crippen molar-refractivity contribution in [2.75, 3.05) is 5.32 Å². The highest BCUT2D eigenvalue weighted by atomic mass is 19.4. The molecule has 0 saturated heterocycles. The van der Waals surface area contributed by atoms with Crippen molar-refractivity contribution in [2.24, 2.45) is 0 Å². The molecule has 20 heavy (non-hydrogen) atoms. The average molecular weight is 284 g/mol. The number of rotatable bonds is 3. The monoisotopic (exact) mass is 284 g/mol. The van der Waals surface area contributed by atoms with E-state index in [0.29, 0.717) is 0 Å². The first kappa shape index (κ1) is 13.7. The number of nitrogens with zero attached hydrogens (tertiary/aromatic N) is 3. The summed E-state index contributed by atoms with van der Waals surface area (Å²) in [5.74, 6) is 0.0681. The summed E-state index contributed by atoms with van der Waals surface area (Å²) in [6.07, 6.45) is -2.39. The Morgan fingerprint density at radius 2 is 1.85 bits per heavy atom. The molecule has 0 spiro atoms. The number of hydrogen-bond acceptors (Lipinski definition) is 5. The SMILES string of the molecule is O=[N+]([O-])c1ccnc(Nc2ccnc(C(F)(F)F)c2)c1. The number of aromatic nitrogens is 2. The lowest BCUT2D eigenvalue weighted by molar-refractivity contribution is -0.384. The van der Waals surface area contributed by atoms with Gasteiger partial charge in [0.15, 0.2) is 0 Å². The van der Waals surface area contributed by atoms with Crippen LogP contribution in [0.4, 0.5) is 30.4 Å². The number of nitrogens with one attached hydrogen (secondary N) is 1. The molecule has 2 rings (SSSR count). The van der Waals surface area contributed by atoms with Crippen LogP contribution in [0, 0.1) is 10.1 Å². The van der Waals surface area contributed by atoms with Crippen molar-refractivity contribution >= 4 is 17.2 Å². The van der Waals surface area contributed by atoms with E-state index in [0.717, 1.165) is 18.3 Å². The fourth-order valence-corrected chi connectivity index (χ4v) is 1.41. The molecule has 2 aromatic heterocycles. The van der Waals surface area contributed by atoms with Crippen molar-refractivity contribution in [1.29, 1.82) is 0 Å². The Hall–Kier alpha value is -2.71. The molecular formula is C11H7F3N4O2. The Morgan fingerprint density at radius 3 is 2.50 bits per heavy atom. The fourth-order valence-electron chi connectivity index (χ4n) is 1.41. The minimum atomic E-state index is -4.56. The first-order valence-electron chi connectivity index (χ1n) is 5.27. The van der Waals surface area contributed by atoms with E-state index < -0.39 is 16.8 Å². The topological polar surface area (TPSA) is 81.0 Å². The molecular weight excluding hydrogens is 277 g/mol. The number of alkyl halides is 3. The summed E-state index contributed by atoms with van der Waals surface area (Å²) in [5, 5.41) is 13.1. The first-order chi connectivity index (χ1) is 9.36. The third-order valence-electron chi connectivity index (χ3n) is 2.28. The van der Waals surface area contributed by atoms with Crippen LogP contribution in [0.2, 0.25) is 0 Å². The molecule has 0 bridgehead atoms. The van der Waals surface area contributed by atoms with Gasteiger partial charge >= 0.3 is 6.18 Å². The maximum absolute atomic E-state index is 12.5. The van der Waals surface area contributed by atoms with Crippen LogP contribution in [-0.4, -0.2) is 14.9 Å². The minimum Gasteiger partial charge on any atom is -0.340 e. The molecule has 6 nitrogen and oxygen atoms in total. The molecule has 0 amide bonds. The molecule has 0 radical (unpaired) electrons. The van der Waals surface area contributed by atoms with Crippen LogP contribution in [0.3, 0.4) is 0 Å². The maximum atomic E-state index is 12.5. The van der Waals surface area contributed by atoms with Gasteiger partial charge in [0, 0.05) is 24.1 Å². The van der Waals surface area contributed by atoms with Crippen molar-refractivity contribution in [2.45, 2.75) is 6.18 Å². The van der Waals surface area contributed by atoms with Gasteiger partial charge in [-0.3, -0.25) is 15.1 Å². The zero-order chi connectivity index (χ0) is 14.8. The van der Waals surface area contributed by atoms with Crippen molar-refractivity contribution in [3.8, 4) is 0 Å². The normalized spacial score (nSPS) is 11.2. The Bertz CT molecular complexity index is 646. The minimum absolute atomic E-state index is 0.0681. The molecule has 0 aromatic carbocycles. The maximum Gasteiger partial charge on any atom is 0.433 e. The molecule has 1 N–H and O–H groups in total. The van der Waals surface area contributed by atoms with Crippen molar-refractivity contribution in [3.05, 3.63) is 52.5 Å². The summed E-state index contributed by atoms with van der Waals surface area (Å²) in [6.45, 7) is 0. The number of nitro groups is 1. The Labute approximate surface area is 110 Å². The van der Waals surface area contributed by atoms with Crippen LogP contribution in [0.25, 0.3) is 0 Å². The van der Waals surface area contributed by atoms with Gasteiger partial charge < -0.3 is 5.32 Å². The van der Waals surface area contributed by atoms with Gasteiger partial charge in [-0.05, 0) is 12.1 Å². The smallest absolute Gasteiger partial charge is 0.340 e. The zero-order valence-electron chi connectivity index (χ0n) is 9.76. The molecule has 2 aromatic rings. The van der Waals surface area contributed by atoms with E-state index >= 15 is 0 Å². The largest absolute Gasteiger partial charge is 0.433 e. The van der Waals surface area contributed by atoms with E-state index in [1.54, 1.807) is 0 Å². The summed E-state index contributed by atoms with van der Waals surface area (Å²) < 4.78 is 37.4. The van der Waals surface area contributed by atoms with Gasteiger partial charge in [0.2, 0.25) is 0 Å². The second-order valence-corrected chi connectivity index (χ2v) is 3.71. The van der Waals surface area contributed by atoms with Crippen molar-refractivity contribution in [1.82, 2.24) is 9.97 Å². The molecule has 0 saturated carbocycles. The van der Waals surface area contributed by atoms with Crippen LogP contribution in [0.15, 0.2) is 36.7 Å². The van der Waals surface area contributed by atoms with Crippen molar-refractivity contribution in [3.63, 3.8) is 0 Å². The van der Waals surface area contributed by atoms with Crippen LogP contribution in [0.1, 0.15) is 5.69 Å². The highest BCUT2D eigenvalue weighted by molar-refractivity contribution is 5.58. The van der Waals surface area contributed by atoms with E-state index in [4.69, 9.17) is 0 Å².